The second-order valence-corrected chi connectivity index (χ2v) is 7.79. The summed E-state index contributed by atoms with van der Waals surface area (Å²) in [6, 6.07) is 7.92. The Kier molecular flexibility index (Phi) is 4.47. The Morgan fingerprint density at radius 2 is 1.96 bits per heavy atom. The number of likely N-dealkylation sites (N-methyl/N-ethyl adjacent to an activating group) is 1. The number of likely N-dealkylation sites (tertiary alicyclic amines) is 1. The number of carbonyl (C=O) groups is 2. The van der Waals surface area contributed by atoms with Gasteiger partial charge in [-0.05, 0) is 50.7 Å². The maximum atomic E-state index is 13.1. The Morgan fingerprint density at radius 1 is 1.19 bits per heavy atom. The molecular weight excluding hydrogens is 326 g/mol. The van der Waals surface area contributed by atoms with Crippen LogP contribution in [0.3, 0.4) is 0 Å². The molecule has 1 atom stereocenters. The van der Waals surface area contributed by atoms with Gasteiger partial charge in [-0.25, -0.2) is 0 Å². The van der Waals surface area contributed by atoms with Crippen LogP contribution in [-0.2, 0) is 16.1 Å². The van der Waals surface area contributed by atoms with Crippen molar-refractivity contribution in [2.75, 3.05) is 13.6 Å². The molecule has 1 aliphatic carbocycles. The number of hydrogen-bond donors (Lipinski definition) is 1. The van der Waals surface area contributed by atoms with Crippen molar-refractivity contribution in [3.8, 4) is 0 Å². The van der Waals surface area contributed by atoms with Gasteiger partial charge in [0.2, 0.25) is 11.8 Å². The number of nitrogens with zero attached hydrogens (tertiary/aromatic N) is 2. The Morgan fingerprint density at radius 3 is 2.69 bits per heavy atom. The van der Waals surface area contributed by atoms with Crippen LogP contribution in [-0.4, -0.2) is 46.2 Å². The standard InChI is InChI=1S/C21H27N3O2/c1-14-16-7-3-4-8-17(16)22-18(14)13-23(2)21(26)19-9-5-6-12-24(19)20(25)15-10-11-15/h3-4,7-8,15,19,22H,5-6,9-13H2,1-2H3/t19-/m0/s1. The predicted octanol–water partition coefficient (Wildman–Crippen LogP) is 3.23. The minimum atomic E-state index is -0.286. The number of aryl methyl sites for hydroxylation is 1. The number of carbonyl (C=O) groups excluding carboxylic acids is 2. The molecule has 2 heterocycles. The van der Waals surface area contributed by atoms with E-state index in [9.17, 15) is 9.59 Å². The molecule has 0 spiro atoms. The maximum absolute atomic E-state index is 13.1. The topological polar surface area (TPSA) is 56.4 Å². The van der Waals surface area contributed by atoms with Crippen LogP contribution in [0.4, 0.5) is 0 Å². The number of amides is 2. The third kappa shape index (κ3) is 3.11. The number of rotatable bonds is 4. The summed E-state index contributed by atoms with van der Waals surface area (Å²) in [5.74, 6) is 0.430. The summed E-state index contributed by atoms with van der Waals surface area (Å²) in [4.78, 5) is 32.8. The zero-order valence-electron chi connectivity index (χ0n) is 15.6. The lowest BCUT2D eigenvalue weighted by Crippen LogP contribution is -2.52. The van der Waals surface area contributed by atoms with Gasteiger partial charge in [0, 0.05) is 36.1 Å². The van der Waals surface area contributed by atoms with Crippen LogP contribution in [0.2, 0.25) is 0 Å². The number of H-pyrrole nitrogens is 1. The average Bonchev–Trinajstić information content (AvgIpc) is 3.47. The van der Waals surface area contributed by atoms with E-state index in [2.05, 4.69) is 24.0 Å². The van der Waals surface area contributed by atoms with Gasteiger partial charge < -0.3 is 14.8 Å². The molecule has 0 bridgehead atoms. The lowest BCUT2D eigenvalue weighted by molar-refractivity contribution is -0.148. The molecule has 5 heteroatoms. The number of para-hydroxylation sites is 1. The highest BCUT2D eigenvalue weighted by atomic mass is 16.2. The van der Waals surface area contributed by atoms with Crippen LogP contribution in [0.5, 0.6) is 0 Å². The van der Waals surface area contributed by atoms with Crippen LogP contribution in [0.25, 0.3) is 10.9 Å². The van der Waals surface area contributed by atoms with E-state index in [0.717, 1.165) is 49.9 Å². The van der Waals surface area contributed by atoms with E-state index in [4.69, 9.17) is 0 Å². The lowest BCUT2D eigenvalue weighted by Gasteiger charge is -2.37. The first-order valence-corrected chi connectivity index (χ1v) is 9.68. The smallest absolute Gasteiger partial charge is 0.245 e. The third-order valence-electron chi connectivity index (χ3n) is 5.84. The summed E-state index contributed by atoms with van der Waals surface area (Å²) in [5, 5.41) is 1.20. The molecule has 1 N–H and O–H groups in total. The molecule has 138 valence electrons. The van der Waals surface area contributed by atoms with E-state index in [1.54, 1.807) is 4.90 Å². The van der Waals surface area contributed by atoms with Gasteiger partial charge in [-0.1, -0.05) is 18.2 Å². The number of benzene rings is 1. The van der Waals surface area contributed by atoms with Gasteiger partial charge in [0.15, 0.2) is 0 Å². The molecule has 0 unspecified atom stereocenters. The Balaban J connectivity index is 1.50. The first-order chi connectivity index (χ1) is 12.6. The number of aromatic nitrogens is 1. The number of hydrogen-bond acceptors (Lipinski definition) is 2. The molecule has 1 saturated carbocycles. The molecule has 2 fully saturated rings. The van der Waals surface area contributed by atoms with Crippen molar-refractivity contribution in [3.63, 3.8) is 0 Å². The molecule has 5 nitrogen and oxygen atoms in total. The van der Waals surface area contributed by atoms with E-state index in [-0.39, 0.29) is 23.8 Å². The first kappa shape index (κ1) is 17.1. The van der Waals surface area contributed by atoms with Crippen molar-refractivity contribution < 1.29 is 9.59 Å². The molecular formula is C21H27N3O2. The van der Waals surface area contributed by atoms with Gasteiger partial charge in [-0.3, -0.25) is 9.59 Å². The highest BCUT2D eigenvalue weighted by Crippen LogP contribution is 2.33. The fraction of sp³-hybridized carbons (Fsp3) is 0.524. The molecule has 1 saturated heterocycles. The van der Waals surface area contributed by atoms with Gasteiger partial charge in [0.05, 0.1) is 6.54 Å². The molecule has 0 radical (unpaired) electrons. The minimum absolute atomic E-state index is 0.0664. The van der Waals surface area contributed by atoms with Crippen molar-refractivity contribution in [2.24, 2.45) is 5.92 Å². The van der Waals surface area contributed by atoms with E-state index in [0.29, 0.717) is 6.54 Å². The largest absolute Gasteiger partial charge is 0.357 e. The number of aromatic amines is 1. The lowest BCUT2D eigenvalue weighted by atomic mass is 10.00. The van der Waals surface area contributed by atoms with Crippen molar-refractivity contribution in [3.05, 3.63) is 35.5 Å². The number of nitrogens with one attached hydrogen (secondary N) is 1. The van der Waals surface area contributed by atoms with Crippen LogP contribution in [0, 0.1) is 12.8 Å². The van der Waals surface area contributed by atoms with Gasteiger partial charge in [0.25, 0.3) is 0 Å². The Hall–Kier alpha value is -2.30. The molecule has 2 aliphatic rings. The van der Waals surface area contributed by atoms with Gasteiger partial charge in [-0.2, -0.15) is 0 Å². The summed E-state index contributed by atoms with van der Waals surface area (Å²) in [6.07, 6.45) is 4.78. The SMILES string of the molecule is Cc1c(CN(C)C(=O)[C@@H]2CCCCN2C(=O)C2CC2)[nH]c2ccccc12. The van der Waals surface area contributed by atoms with E-state index in [1.165, 1.54) is 10.9 Å². The van der Waals surface area contributed by atoms with Crippen molar-refractivity contribution in [2.45, 2.75) is 51.6 Å². The van der Waals surface area contributed by atoms with Crippen molar-refractivity contribution in [1.29, 1.82) is 0 Å². The minimum Gasteiger partial charge on any atom is -0.357 e. The highest BCUT2D eigenvalue weighted by Gasteiger charge is 2.40. The number of piperidine rings is 1. The predicted molar refractivity (Wildman–Crippen MR) is 102 cm³/mol. The fourth-order valence-corrected chi connectivity index (χ4v) is 4.08. The zero-order valence-corrected chi connectivity index (χ0v) is 15.6. The van der Waals surface area contributed by atoms with Crippen LogP contribution in [0.15, 0.2) is 24.3 Å². The summed E-state index contributed by atoms with van der Waals surface area (Å²) < 4.78 is 0. The van der Waals surface area contributed by atoms with Crippen LogP contribution in [0.1, 0.15) is 43.4 Å². The zero-order chi connectivity index (χ0) is 18.3. The maximum Gasteiger partial charge on any atom is 0.245 e. The normalized spacial score (nSPS) is 20.4. The molecule has 26 heavy (non-hydrogen) atoms. The van der Waals surface area contributed by atoms with Crippen molar-refractivity contribution in [1.82, 2.24) is 14.8 Å². The quantitative estimate of drug-likeness (QED) is 0.917. The summed E-state index contributed by atoms with van der Waals surface area (Å²) >= 11 is 0. The molecule has 1 aromatic carbocycles. The average molecular weight is 353 g/mol. The third-order valence-corrected chi connectivity index (χ3v) is 5.84. The Bertz CT molecular complexity index is 837. The van der Waals surface area contributed by atoms with E-state index >= 15 is 0 Å². The second kappa shape index (κ2) is 6.78. The summed E-state index contributed by atoms with van der Waals surface area (Å²) in [5.41, 5.74) is 3.36. The van der Waals surface area contributed by atoms with E-state index in [1.807, 2.05) is 24.1 Å². The first-order valence-electron chi connectivity index (χ1n) is 9.68. The van der Waals surface area contributed by atoms with Gasteiger partial charge >= 0.3 is 0 Å². The van der Waals surface area contributed by atoms with Crippen LogP contribution < -0.4 is 0 Å². The monoisotopic (exact) mass is 353 g/mol. The molecule has 2 amide bonds. The van der Waals surface area contributed by atoms with Gasteiger partial charge in [0.1, 0.15) is 6.04 Å². The van der Waals surface area contributed by atoms with Crippen LogP contribution >= 0.6 is 0 Å². The summed E-state index contributed by atoms with van der Waals surface area (Å²) in [6.45, 7) is 3.36. The fourth-order valence-electron chi connectivity index (χ4n) is 4.08. The molecule has 1 aliphatic heterocycles. The van der Waals surface area contributed by atoms with Crippen molar-refractivity contribution >= 4 is 22.7 Å². The molecule has 4 rings (SSSR count). The van der Waals surface area contributed by atoms with E-state index < -0.39 is 0 Å². The van der Waals surface area contributed by atoms with Gasteiger partial charge in [-0.15, -0.1) is 0 Å². The number of fused-ring (bicyclic) bond motifs is 1. The molecule has 2 aromatic rings. The molecule has 1 aromatic heterocycles. The second-order valence-electron chi connectivity index (χ2n) is 7.79. The highest BCUT2D eigenvalue weighted by molar-refractivity contribution is 5.90. The summed E-state index contributed by atoms with van der Waals surface area (Å²) in [7, 11) is 1.85. The Labute approximate surface area is 154 Å².